The van der Waals surface area contributed by atoms with Crippen molar-refractivity contribution in [1.82, 2.24) is 9.97 Å². The molecule has 4 N–H and O–H groups in total. The molecular weight excluding hydrogens is 152 g/mol. The van der Waals surface area contributed by atoms with E-state index in [1.807, 2.05) is 0 Å². The van der Waals surface area contributed by atoms with Crippen LogP contribution in [0.15, 0.2) is 10.9 Å². The molecule has 0 unspecified atom stereocenters. The van der Waals surface area contributed by atoms with E-state index in [1.165, 1.54) is 6.07 Å². The molecular formula is C5H8N2O2S. The zero-order valence-electron chi connectivity index (χ0n) is 5.39. The lowest BCUT2D eigenvalue weighted by Crippen LogP contribution is -2.05. The highest BCUT2D eigenvalue weighted by Gasteiger charge is 1.83. The normalized spacial score (nSPS) is 8.50. The van der Waals surface area contributed by atoms with Crippen LogP contribution in [0, 0.1) is 11.7 Å². The molecule has 0 amide bonds. The van der Waals surface area contributed by atoms with Gasteiger partial charge in [0.15, 0.2) is 4.77 Å². The van der Waals surface area contributed by atoms with Gasteiger partial charge in [-0.2, -0.15) is 0 Å². The summed E-state index contributed by atoms with van der Waals surface area (Å²) in [6.07, 6.45) is 0. The molecule has 0 saturated heterocycles. The van der Waals surface area contributed by atoms with Gasteiger partial charge in [0.05, 0.1) is 0 Å². The van der Waals surface area contributed by atoms with Crippen LogP contribution in [-0.4, -0.2) is 15.4 Å². The highest BCUT2D eigenvalue weighted by Crippen LogP contribution is 1.81. The van der Waals surface area contributed by atoms with Crippen molar-refractivity contribution in [3.8, 4) is 0 Å². The Labute approximate surface area is 62.2 Å². The Balaban J connectivity index is 0.000000810. The van der Waals surface area contributed by atoms with Crippen molar-refractivity contribution in [2.24, 2.45) is 0 Å². The lowest BCUT2D eigenvalue weighted by atomic mass is 10.5. The maximum atomic E-state index is 10.6. The van der Waals surface area contributed by atoms with Gasteiger partial charge in [0.1, 0.15) is 0 Å². The third kappa shape index (κ3) is 2.12. The minimum atomic E-state index is -0.156. The minimum absolute atomic E-state index is 0. The topological polar surface area (TPSA) is 80.2 Å². The Bertz CT molecular complexity index is 286. The fourth-order valence-corrected chi connectivity index (χ4v) is 0.853. The van der Waals surface area contributed by atoms with Crippen LogP contribution in [0.2, 0.25) is 0 Å². The number of aromatic amines is 2. The van der Waals surface area contributed by atoms with Crippen molar-refractivity contribution in [2.45, 2.75) is 6.92 Å². The van der Waals surface area contributed by atoms with Crippen LogP contribution >= 0.6 is 12.2 Å². The van der Waals surface area contributed by atoms with Crippen molar-refractivity contribution in [3.63, 3.8) is 0 Å². The summed E-state index contributed by atoms with van der Waals surface area (Å²) < 4.78 is 0.375. The summed E-state index contributed by atoms with van der Waals surface area (Å²) in [4.78, 5) is 15.8. The molecule has 4 nitrogen and oxygen atoms in total. The van der Waals surface area contributed by atoms with Gasteiger partial charge in [0.2, 0.25) is 0 Å². The molecule has 10 heavy (non-hydrogen) atoms. The SMILES string of the molecule is Cc1cc(=O)[nH]c(=S)[nH]1.O. The number of H-pyrrole nitrogens is 2. The Morgan fingerprint density at radius 1 is 1.50 bits per heavy atom. The maximum Gasteiger partial charge on any atom is 0.251 e. The fourth-order valence-electron chi connectivity index (χ4n) is 0.591. The van der Waals surface area contributed by atoms with Crippen LogP contribution in [0.1, 0.15) is 5.69 Å². The van der Waals surface area contributed by atoms with Gasteiger partial charge in [-0.3, -0.25) is 9.78 Å². The number of hydrogen-bond donors (Lipinski definition) is 2. The molecule has 0 aliphatic rings. The predicted octanol–water partition coefficient (Wildman–Crippen LogP) is -0.0838. The Hall–Kier alpha value is -0.940. The second-order valence-electron chi connectivity index (χ2n) is 1.77. The van der Waals surface area contributed by atoms with Crippen LogP contribution in [0.5, 0.6) is 0 Å². The van der Waals surface area contributed by atoms with E-state index in [2.05, 4.69) is 22.2 Å². The van der Waals surface area contributed by atoms with E-state index in [0.717, 1.165) is 5.69 Å². The molecule has 56 valence electrons. The maximum absolute atomic E-state index is 10.6. The molecule has 0 saturated carbocycles. The van der Waals surface area contributed by atoms with E-state index in [1.54, 1.807) is 6.92 Å². The van der Waals surface area contributed by atoms with Gasteiger partial charge in [-0.05, 0) is 19.1 Å². The molecule has 1 rings (SSSR count). The molecule has 0 atom stereocenters. The summed E-state index contributed by atoms with van der Waals surface area (Å²) >= 11 is 4.68. The highest BCUT2D eigenvalue weighted by atomic mass is 32.1. The summed E-state index contributed by atoms with van der Waals surface area (Å²) in [6, 6.07) is 1.45. The highest BCUT2D eigenvalue weighted by molar-refractivity contribution is 7.71. The summed E-state index contributed by atoms with van der Waals surface area (Å²) in [6.45, 7) is 1.78. The molecule has 0 radical (unpaired) electrons. The average Bonchev–Trinajstić information content (AvgIpc) is 1.59. The van der Waals surface area contributed by atoms with Crippen LogP contribution in [-0.2, 0) is 0 Å². The van der Waals surface area contributed by atoms with E-state index in [-0.39, 0.29) is 11.0 Å². The third-order valence-electron chi connectivity index (χ3n) is 0.895. The molecule has 1 aromatic heterocycles. The first-order valence-corrected chi connectivity index (χ1v) is 2.89. The first-order chi connectivity index (χ1) is 4.18. The second-order valence-corrected chi connectivity index (χ2v) is 2.18. The van der Waals surface area contributed by atoms with E-state index in [4.69, 9.17) is 0 Å². The van der Waals surface area contributed by atoms with E-state index >= 15 is 0 Å². The standard InChI is InChI=1S/C5H6N2OS.H2O/c1-3-2-4(8)7-5(9)6-3;/h2H,1H3,(H2,6,7,8,9);1H2. The van der Waals surface area contributed by atoms with Crippen molar-refractivity contribution < 1.29 is 5.48 Å². The quantitative estimate of drug-likeness (QED) is 0.520. The third-order valence-corrected chi connectivity index (χ3v) is 1.10. The number of aryl methyl sites for hydroxylation is 1. The molecule has 1 heterocycles. The van der Waals surface area contributed by atoms with Crippen LogP contribution in [0.25, 0.3) is 0 Å². The predicted molar refractivity (Wildman–Crippen MR) is 40.6 cm³/mol. The Morgan fingerprint density at radius 2 is 2.10 bits per heavy atom. The zero-order chi connectivity index (χ0) is 6.85. The first-order valence-electron chi connectivity index (χ1n) is 2.49. The second kappa shape index (κ2) is 3.28. The van der Waals surface area contributed by atoms with Crippen molar-refractivity contribution >= 4 is 12.2 Å². The lowest BCUT2D eigenvalue weighted by Gasteiger charge is -1.87. The largest absolute Gasteiger partial charge is 0.412 e. The Kier molecular flexibility index (Phi) is 2.98. The van der Waals surface area contributed by atoms with E-state index < -0.39 is 0 Å². The van der Waals surface area contributed by atoms with Crippen LogP contribution < -0.4 is 5.56 Å². The monoisotopic (exact) mass is 160 g/mol. The molecule has 0 aliphatic heterocycles. The van der Waals surface area contributed by atoms with Gasteiger partial charge in [-0.1, -0.05) is 0 Å². The molecule has 0 aliphatic carbocycles. The molecule has 0 aromatic carbocycles. The van der Waals surface area contributed by atoms with Crippen LogP contribution in [0.3, 0.4) is 0 Å². The number of hydrogen-bond acceptors (Lipinski definition) is 2. The van der Waals surface area contributed by atoms with Gasteiger partial charge in [-0.25, -0.2) is 0 Å². The zero-order valence-corrected chi connectivity index (χ0v) is 6.21. The van der Waals surface area contributed by atoms with Gasteiger partial charge < -0.3 is 10.5 Å². The van der Waals surface area contributed by atoms with Gasteiger partial charge in [0, 0.05) is 11.8 Å². The minimum Gasteiger partial charge on any atom is -0.412 e. The molecule has 0 spiro atoms. The summed E-state index contributed by atoms with van der Waals surface area (Å²) in [5.41, 5.74) is 0.625. The number of aromatic nitrogens is 2. The van der Waals surface area contributed by atoms with Gasteiger partial charge in [-0.15, -0.1) is 0 Å². The van der Waals surface area contributed by atoms with Crippen molar-refractivity contribution in [2.75, 3.05) is 0 Å². The molecule has 0 bridgehead atoms. The van der Waals surface area contributed by atoms with Crippen molar-refractivity contribution in [1.29, 1.82) is 0 Å². The van der Waals surface area contributed by atoms with Crippen LogP contribution in [0.4, 0.5) is 0 Å². The average molecular weight is 160 g/mol. The molecule has 0 fully saturated rings. The Morgan fingerprint density at radius 3 is 2.50 bits per heavy atom. The smallest absolute Gasteiger partial charge is 0.251 e. The van der Waals surface area contributed by atoms with Gasteiger partial charge >= 0.3 is 0 Å². The number of nitrogens with one attached hydrogen (secondary N) is 2. The number of rotatable bonds is 0. The molecule has 5 heteroatoms. The van der Waals surface area contributed by atoms with E-state index in [9.17, 15) is 4.79 Å². The summed E-state index contributed by atoms with van der Waals surface area (Å²) in [7, 11) is 0. The summed E-state index contributed by atoms with van der Waals surface area (Å²) in [5, 5.41) is 0. The lowest BCUT2D eigenvalue weighted by molar-refractivity contribution is 0.824. The summed E-state index contributed by atoms with van der Waals surface area (Å²) in [5.74, 6) is 0. The van der Waals surface area contributed by atoms with Crippen molar-refractivity contribution in [3.05, 3.63) is 26.9 Å². The van der Waals surface area contributed by atoms with E-state index in [0.29, 0.717) is 4.77 Å². The van der Waals surface area contributed by atoms with Gasteiger partial charge in [0.25, 0.3) is 5.56 Å². The molecule has 1 aromatic rings. The first kappa shape index (κ1) is 9.06. The fraction of sp³-hybridized carbons (Fsp3) is 0.200.